The van der Waals surface area contributed by atoms with Crippen LogP contribution in [0.5, 0.6) is 0 Å². The van der Waals surface area contributed by atoms with Gasteiger partial charge in [-0.15, -0.1) is 0 Å². The molecule has 4 aromatic rings. The van der Waals surface area contributed by atoms with Gasteiger partial charge in [0, 0.05) is 51.3 Å². The highest BCUT2D eigenvalue weighted by Gasteiger charge is 2.25. The average molecular weight is 346 g/mol. The van der Waals surface area contributed by atoms with Gasteiger partial charge >= 0.3 is 0 Å². The molecule has 4 heterocycles. The minimum absolute atomic E-state index is 0.0511. The highest BCUT2D eigenvalue weighted by molar-refractivity contribution is 5.80. The molecule has 4 nitrogen and oxygen atoms in total. The predicted molar refractivity (Wildman–Crippen MR) is 108 cm³/mol. The zero-order valence-corrected chi connectivity index (χ0v) is 16.1. The summed E-state index contributed by atoms with van der Waals surface area (Å²) in [5.41, 5.74) is 5.64. The number of nitrogens with one attached hydrogen (secondary N) is 2. The van der Waals surface area contributed by atoms with Gasteiger partial charge in [0.15, 0.2) is 0 Å². The molecule has 26 heavy (non-hydrogen) atoms. The van der Waals surface area contributed by atoms with Gasteiger partial charge in [0.25, 0.3) is 0 Å². The van der Waals surface area contributed by atoms with Crippen molar-refractivity contribution in [2.45, 2.75) is 51.9 Å². The first kappa shape index (κ1) is 16.8. The van der Waals surface area contributed by atoms with Crippen LogP contribution in [0.25, 0.3) is 21.9 Å². The Morgan fingerprint density at radius 2 is 1.65 bits per heavy atom. The van der Waals surface area contributed by atoms with Crippen LogP contribution < -0.4 is 0 Å². The van der Waals surface area contributed by atoms with Crippen molar-refractivity contribution in [2.75, 3.05) is 0 Å². The van der Waals surface area contributed by atoms with E-state index >= 15 is 0 Å². The molecule has 0 saturated carbocycles. The smallest absolute Gasteiger partial charge is 0.137 e. The minimum atomic E-state index is -0.0511. The third-order valence-corrected chi connectivity index (χ3v) is 5.11. The van der Waals surface area contributed by atoms with Crippen LogP contribution in [0.15, 0.2) is 42.7 Å². The number of fused-ring (bicyclic) bond motifs is 2. The molecule has 0 atom stereocenters. The lowest BCUT2D eigenvalue weighted by molar-refractivity contribution is 0.503. The quantitative estimate of drug-likeness (QED) is 0.532. The van der Waals surface area contributed by atoms with Crippen LogP contribution in [0.4, 0.5) is 0 Å². The summed E-state index contributed by atoms with van der Waals surface area (Å²) in [6, 6.07) is 10.7. The Hall–Kier alpha value is -2.62. The van der Waals surface area contributed by atoms with Crippen molar-refractivity contribution < 1.29 is 0 Å². The van der Waals surface area contributed by atoms with Crippen molar-refractivity contribution in [3.8, 4) is 0 Å². The first-order valence-electron chi connectivity index (χ1n) is 9.15. The van der Waals surface area contributed by atoms with Gasteiger partial charge in [0.2, 0.25) is 0 Å². The summed E-state index contributed by atoms with van der Waals surface area (Å²) in [5, 5.41) is 2.38. The van der Waals surface area contributed by atoms with E-state index in [0.717, 1.165) is 28.7 Å². The molecule has 4 aromatic heterocycles. The van der Waals surface area contributed by atoms with Gasteiger partial charge in [-0.1, -0.05) is 34.6 Å². The molecular formula is C22H26N4. The summed E-state index contributed by atoms with van der Waals surface area (Å²) in [6.07, 6.45) is 4.65. The maximum absolute atomic E-state index is 4.71. The molecule has 0 aliphatic rings. The Morgan fingerprint density at radius 1 is 0.885 bits per heavy atom. The third-order valence-electron chi connectivity index (χ3n) is 5.11. The number of aromatic amines is 2. The zero-order chi connectivity index (χ0) is 18.5. The van der Waals surface area contributed by atoms with Crippen LogP contribution in [-0.2, 0) is 17.3 Å². The lowest BCUT2D eigenvalue weighted by atomic mass is 9.84. The molecule has 0 radical (unpaired) electrons. The fourth-order valence-corrected chi connectivity index (χ4v) is 3.45. The molecular weight excluding hydrogens is 320 g/mol. The highest BCUT2D eigenvalue weighted by Crippen LogP contribution is 2.30. The molecule has 0 aromatic carbocycles. The Bertz CT molecular complexity index is 1040. The molecule has 0 aliphatic heterocycles. The Balaban J connectivity index is 1.66. The number of rotatable bonds is 3. The molecule has 0 saturated heterocycles. The van der Waals surface area contributed by atoms with Crippen molar-refractivity contribution in [3.05, 3.63) is 59.8 Å². The maximum atomic E-state index is 4.71. The summed E-state index contributed by atoms with van der Waals surface area (Å²) in [5.74, 6) is 0. The predicted octanol–water partition coefficient (Wildman–Crippen LogP) is 5.26. The number of pyridine rings is 2. The lowest BCUT2D eigenvalue weighted by Gasteiger charge is -2.23. The van der Waals surface area contributed by atoms with E-state index < -0.39 is 0 Å². The van der Waals surface area contributed by atoms with E-state index in [0.29, 0.717) is 0 Å². The molecule has 0 amide bonds. The topological polar surface area (TPSA) is 57.4 Å². The number of hydrogen-bond donors (Lipinski definition) is 2. The largest absolute Gasteiger partial charge is 0.357 e. The van der Waals surface area contributed by atoms with Crippen molar-refractivity contribution in [1.29, 1.82) is 0 Å². The van der Waals surface area contributed by atoms with E-state index in [1.165, 1.54) is 16.8 Å². The van der Waals surface area contributed by atoms with Gasteiger partial charge in [0.05, 0.1) is 11.7 Å². The molecule has 0 aliphatic carbocycles. The van der Waals surface area contributed by atoms with Gasteiger partial charge < -0.3 is 9.97 Å². The van der Waals surface area contributed by atoms with Crippen LogP contribution in [0.1, 0.15) is 51.7 Å². The molecule has 2 N–H and O–H groups in total. The standard InChI is InChI=1S/C22H26N4/c1-21(2,3)18-11-15-9-16(24-13-17(15)25-18)12-22(4,5)19-10-14-7-6-8-23-20(14)26-19/h6-11,13,25H,12H2,1-5H3,(H,23,26). The normalized spacial score (nSPS) is 13.0. The summed E-state index contributed by atoms with van der Waals surface area (Å²) in [4.78, 5) is 16.1. The second-order valence-corrected chi connectivity index (χ2v) is 8.88. The number of nitrogens with zero attached hydrogens (tertiary/aromatic N) is 2. The fraction of sp³-hybridized carbons (Fsp3) is 0.364. The monoisotopic (exact) mass is 346 g/mol. The summed E-state index contributed by atoms with van der Waals surface area (Å²) < 4.78 is 0. The molecule has 0 unspecified atom stereocenters. The number of aromatic nitrogens is 4. The van der Waals surface area contributed by atoms with Gasteiger partial charge in [-0.25, -0.2) is 4.98 Å². The Labute approximate surface area is 154 Å². The van der Waals surface area contributed by atoms with Crippen molar-refractivity contribution >= 4 is 21.9 Å². The highest BCUT2D eigenvalue weighted by atomic mass is 14.9. The SMILES string of the molecule is CC(C)(C)c1cc2cc(CC(C)(C)c3cc4cccnc4[nH]3)ncc2[nH]1. The Morgan fingerprint density at radius 3 is 2.38 bits per heavy atom. The molecule has 134 valence electrons. The van der Waals surface area contributed by atoms with Gasteiger partial charge in [-0.3, -0.25) is 4.98 Å². The third kappa shape index (κ3) is 3.00. The van der Waals surface area contributed by atoms with Crippen LogP contribution >= 0.6 is 0 Å². The number of H-pyrrole nitrogens is 2. The summed E-state index contributed by atoms with van der Waals surface area (Å²) in [7, 11) is 0. The second-order valence-electron chi connectivity index (χ2n) is 8.88. The van der Waals surface area contributed by atoms with Crippen LogP contribution in [0, 0.1) is 0 Å². The van der Waals surface area contributed by atoms with E-state index in [1.807, 2.05) is 18.5 Å². The van der Waals surface area contributed by atoms with Crippen molar-refractivity contribution in [3.63, 3.8) is 0 Å². The van der Waals surface area contributed by atoms with Crippen molar-refractivity contribution in [2.24, 2.45) is 0 Å². The molecule has 0 fully saturated rings. The van der Waals surface area contributed by atoms with E-state index in [9.17, 15) is 0 Å². The molecule has 4 heteroatoms. The molecule has 0 spiro atoms. The van der Waals surface area contributed by atoms with Crippen molar-refractivity contribution in [1.82, 2.24) is 19.9 Å². The van der Waals surface area contributed by atoms with E-state index in [2.05, 4.69) is 73.8 Å². The van der Waals surface area contributed by atoms with Crippen LogP contribution in [-0.4, -0.2) is 19.9 Å². The minimum Gasteiger partial charge on any atom is -0.357 e. The first-order valence-corrected chi connectivity index (χ1v) is 9.15. The van der Waals surface area contributed by atoms with E-state index in [-0.39, 0.29) is 10.8 Å². The van der Waals surface area contributed by atoms with Crippen LogP contribution in [0.2, 0.25) is 0 Å². The summed E-state index contributed by atoms with van der Waals surface area (Å²) in [6.45, 7) is 11.2. The van der Waals surface area contributed by atoms with Gasteiger partial charge in [0.1, 0.15) is 5.65 Å². The fourth-order valence-electron chi connectivity index (χ4n) is 3.45. The lowest BCUT2D eigenvalue weighted by Crippen LogP contribution is -2.21. The van der Waals surface area contributed by atoms with E-state index in [4.69, 9.17) is 4.98 Å². The van der Waals surface area contributed by atoms with E-state index in [1.54, 1.807) is 0 Å². The summed E-state index contributed by atoms with van der Waals surface area (Å²) >= 11 is 0. The second kappa shape index (κ2) is 5.70. The molecule has 0 bridgehead atoms. The van der Waals surface area contributed by atoms with Gasteiger partial charge in [-0.05, 0) is 30.3 Å². The first-order chi connectivity index (χ1) is 12.2. The average Bonchev–Trinajstić information content (AvgIpc) is 3.18. The zero-order valence-electron chi connectivity index (χ0n) is 16.1. The molecule has 4 rings (SSSR count). The van der Waals surface area contributed by atoms with Crippen LogP contribution in [0.3, 0.4) is 0 Å². The Kier molecular flexibility index (Phi) is 3.69. The van der Waals surface area contributed by atoms with Gasteiger partial charge in [-0.2, -0.15) is 0 Å². The number of hydrogen-bond acceptors (Lipinski definition) is 2. The maximum Gasteiger partial charge on any atom is 0.137 e.